The summed E-state index contributed by atoms with van der Waals surface area (Å²) >= 11 is 0. The van der Waals surface area contributed by atoms with Gasteiger partial charge in [0.1, 0.15) is 5.69 Å². The number of hydrogen-bond donors (Lipinski definition) is 1. The van der Waals surface area contributed by atoms with Crippen LogP contribution in [0.1, 0.15) is 68.8 Å². The zero-order valence-electron chi connectivity index (χ0n) is 14.3. The second-order valence-electron chi connectivity index (χ2n) is 7.24. The Bertz CT molecular complexity index is 498. The van der Waals surface area contributed by atoms with Crippen LogP contribution in [-0.2, 0) is 0 Å². The Balaban J connectivity index is 1.56. The molecule has 1 aromatic rings. The lowest BCUT2D eigenvalue weighted by molar-refractivity contribution is 0.0691. The van der Waals surface area contributed by atoms with Gasteiger partial charge in [-0.25, -0.2) is 4.98 Å². The molecule has 0 bridgehead atoms. The molecule has 126 valence electrons. The first kappa shape index (κ1) is 16.3. The number of carbonyl (C=O) groups is 1. The molecule has 0 unspecified atom stereocenters. The van der Waals surface area contributed by atoms with Crippen LogP contribution in [0.2, 0.25) is 0 Å². The minimum Gasteiger partial charge on any atom is -0.381 e. The summed E-state index contributed by atoms with van der Waals surface area (Å²) in [5.41, 5.74) is 1.62. The van der Waals surface area contributed by atoms with Gasteiger partial charge >= 0.3 is 0 Å². The van der Waals surface area contributed by atoms with Crippen molar-refractivity contribution in [3.05, 3.63) is 24.0 Å². The van der Waals surface area contributed by atoms with Crippen molar-refractivity contribution in [2.75, 3.05) is 18.4 Å². The van der Waals surface area contributed by atoms with Gasteiger partial charge in [-0.05, 0) is 43.7 Å². The quantitative estimate of drug-likeness (QED) is 0.855. The predicted molar refractivity (Wildman–Crippen MR) is 93.7 cm³/mol. The molecule has 1 N–H and O–H groups in total. The van der Waals surface area contributed by atoms with Crippen molar-refractivity contribution in [1.29, 1.82) is 0 Å². The van der Waals surface area contributed by atoms with Gasteiger partial charge < -0.3 is 10.2 Å². The van der Waals surface area contributed by atoms with Crippen LogP contribution < -0.4 is 5.32 Å². The maximum atomic E-state index is 12.5. The van der Waals surface area contributed by atoms with Crippen molar-refractivity contribution in [1.82, 2.24) is 9.88 Å². The highest BCUT2D eigenvalue weighted by atomic mass is 16.2. The van der Waals surface area contributed by atoms with Crippen molar-refractivity contribution in [3.8, 4) is 0 Å². The number of anilines is 1. The molecule has 23 heavy (non-hydrogen) atoms. The Morgan fingerprint density at radius 2 is 1.78 bits per heavy atom. The van der Waals surface area contributed by atoms with Crippen LogP contribution in [0.4, 0.5) is 5.69 Å². The summed E-state index contributed by atoms with van der Waals surface area (Å²) in [5, 5.41) is 3.58. The lowest BCUT2D eigenvalue weighted by Crippen LogP contribution is -2.38. The monoisotopic (exact) mass is 315 g/mol. The summed E-state index contributed by atoms with van der Waals surface area (Å²) < 4.78 is 0. The van der Waals surface area contributed by atoms with E-state index in [0.29, 0.717) is 11.7 Å². The number of rotatable bonds is 3. The number of amides is 1. The third-order valence-electron chi connectivity index (χ3n) is 5.28. The van der Waals surface area contributed by atoms with Crippen LogP contribution in [0.25, 0.3) is 0 Å². The molecule has 1 aromatic heterocycles. The summed E-state index contributed by atoms with van der Waals surface area (Å²) in [6, 6.07) is 4.45. The van der Waals surface area contributed by atoms with Gasteiger partial charge in [0, 0.05) is 19.1 Å². The van der Waals surface area contributed by atoms with Gasteiger partial charge in [0.25, 0.3) is 5.91 Å². The van der Waals surface area contributed by atoms with Gasteiger partial charge in [-0.3, -0.25) is 4.79 Å². The second-order valence-corrected chi connectivity index (χ2v) is 7.24. The number of nitrogens with one attached hydrogen (secondary N) is 1. The average molecular weight is 315 g/mol. The Kier molecular flexibility index (Phi) is 5.52. The summed E-state index contributed by atoms with van der Waals surface area (Å²) in [5.74, 6) is 0.816. The highest BCUT2D eigenvalue weighted by Crippen LogP contribution is 2.21. The molecule has 0 aromatic carbocycles. The fraction of sp³-hybridized carbons (Fsp3) is 0.684. The van der Waals surface area contributed by atoms with E-state index in [4.69, 9.17) is 0 Å². The van der Waals surface area contributed by atoms with E-state index in [1.54, 1.807) is 0 Å². The Morgan fingerprint density at radius 3 is 2.39 bits per heavy atom. The van der Waals surface area contributed by atoms with Crippen molar-refractivity contribution in [3.63, 3.8) is 0 Å². The van der Waals surface area contributed by atoms with Gasteiger partial charge in [0.05, 0.1) is 11.9 Å². The van der Waals surface area contributed by atoms with Crippen molar-refractivity contribution in [2.45, 2.75) is 64.3 Å². The third-order valence-corrected chi connectivity index (χ3v) is 5.28. The molecule has 2 heterocycles. The molecular formula is C19H29N3O. The van der Waals surface area contributed by atoms with Crippen LogP contribution in [-0.4, -0.2) is 34.9 Å². The average Bonchev–Trinajstić information content (AvgIpc) is 2.84. The van der Waals surface area contributed by atoms with E-state index < -0.39 is 0 Å². The Labute approximate surface area is 139 Å². The van der Waals surface area contributed by atoms with Crippen LogP contribution >= 0.6 is 0 Å². The molecule has 0 atom stereocenters. The van der Waals surface area contributed by atoms with Gasteiger partial charge in [-0.2, -0.15) is 0 Å². The largest absolute Gasteiger partial charge is 0.381 e. The molecule has 0 spiro atoms. The molecule has 4 heteroatoms. The van der Waals surface area contributed by atoms with E-state index in [-0.39, 0.29) is 5.91 Å². The highest BCUT2D eigenvalue weighted by molar-refractivity contribution is 5.92. The first-order valence-corrected chi connectivity index (χ1v) is 9.24. The number of nitrogens with zero attached hydrogens (tertiary/aromatic N) is 2. The second kappa shape index (κ2) is 7.80. The van der Waals surface area contributed by atoms with Crippen LogP contribution in [0.3, 0.4) is 0 Å². The SMILES string of the molecule is CC1CCN(C(=O)c2ccc(NC3CCCCCC3)cn2)CC1. The van der Waals surface area contributed by atoms with E-state index in [0.717, 1.165) is 37.5 Å². The molecule has 3 rings (SSSR count). The van der Waals surface area contributed by atoms with E-state index in [2.05, 4.69) is 17.2 Å². The predicted octanol–water partition coefficient (Wildman–Crippen LogP) is 4.09. The third kappa shape index (κ3) is 4.46. The van der Waals surface area contributed by atoms with Gasteiger partial charge in [-0.15, -0.1) is 0 Å². The number of aromatic nitrogens is 1. The lowest BCUT2D eigenvalue weighted by Gasteiger charge is -2.30. The Morgan fingerprint density at radius 1 is 1.09 bits per heavy atom. The normalized spacial score (nSPS) is 21.0. The summed E-state index contributed by atoms with van der Waals surface area (Å²) in [7, 11) is 0. The molecular weight excluding hydrogens is 286 g/mol. The number of piperidine rings is 1. The molecule has 1 aliphatic heterocycles. The first-order chi connectivity index (χ1) is 11.2. The zero-order valence-corrected chi connectivity index (χ0v) is 14.3. The molecule has 1 saturated heterocycles. The van der Waals surface area contributed by atoms with Crippen LogP contribution in [0, 0.1) is 5.92 Å². The molecule has 2 aliphatic rings. The van der Waals surface area contributed by atoms with E-state index >= 15 is 0 Å². The van der Waals surface area contributed by atoms with Crippen molar-refractivity contribution >= 4 is 11.6 Å². The van der Waals surface area contributed by atoms with Gasteiger partial charge in [0.2, 0.25) is 0 Å². The topological polar surface area (TPSA) is 45.2 Å². The van der Waals surface area contributed by atoms with Crippen molar-refractivity contribution < 1.29 is 4.79 Å². The van der Waals surface area contributed by atoms with E-state index in [9.17, 15) is 4.79 Å². The van der Waals surface area contributed by atoms with Crippen LogP contribution in [0.5, 0.6) is 0 Å². The summed E-state index contributed by atoms with van der Waals surface area (Å²) in [4.78, 5) is 18.8. The molecule has 4 nitrogen and oxygen atoms in total. The maximum Gasteiger partial charge on any atom is 0.272 e. The molecule has 2 fully saturated rings. The molecule has 1 saturated carbocycles. The highest BCUT2D eigenvalue weighted by Gasteiger charge is 2.22. The lowest BCUT2D eigenvalue weighted by atomic mass is 9.99. The first-order valence-electron chi connectivity index (χ1n) is 9.24. The number of hydrogen-bond acceptors (Lipinski definition) is 3. The zero-order chi connectivity index (χ0) is 16.1. The maximum absolute atomic E-state index is 12.5. The van der Waals surface area contributed by atoms with Gasteiger partial charge in [-0.1, -0.05) is 32.6 Å². The fourth-order valence-electron chi connectivity index (χ4n) is 3.64. The number of carbonyl (C=O) groups excluding carboxylic acids is 1. The molecule has 1 amide bonds. The minimum atomic E-state index is 0.0814. The standard InChI is InChI=1S/C19H29N3O/c1-15-10-12-22(13-11-15)19(23)18-9-8-17(14-20-18)21-16-6-4-2-3-5-7-16/h8-9,14-16,21H,2-7,10-13H2,1H3. The fourth-order valence-corrected chi connectivity index (χ4v) is 3.64. The number of pyridine rings is 1. The minimum absolute atomic E-state index is 0.0814. The van der Waals surface area contributed by atoms with Crippen LogP contribution in [0.15, 0.2) is 18.3 Å². The molecule has 0 radical (unpaired) electrons. The summed E-state index contributed by atoms with van der Waals surface area (Å²) in [6.07, 6.45) is 11.9. The Hall–Kier alpha value is -1.58. The molecule has 1 aliphatic carbocycles. The smallest absolute Gasteiger partial charge is 0.272 e. The number of likely N-dealkylation sites (tertiary alicyclic amines) is 1. The van der Waals surface area contributed by atoms with E-state index in [1.807, 2.05) is 23.2 Å². The van der Waals surface area contributed by atoms with Crippen molar-refractivity contribution in [2.24, 2.45) is 5.92 Å². The summed E-state index contributed by atoms with van der Waals surface area (Å²) in [6.45, 7) is 3.99. The van der Waals surface area contributed by atoms with E-state index in [1.165, 1.54) is 38.5 Å². The van der Waals surface area contributed by atoms with Gasteiger partial charge in [0.15, 0.2) is 0 Å².